The summed E-state index contributed by atoms with van der Waals surface area (Å²) >= 11 is 0. The molecular formula is C27H29N5O5. The second kappa shape index (κ2) is 10.3. The predicted octanol–water partition coefficient (Wildman–Crippen LogP) is 2.90. The number of nitrogens with one attached hydrogen (secondary N) is 2. The lowest BCUT2D eigenvalue weighted by Crippen LogP contribution is -2.35. The van der Waals surface area contributed by atoms with Crippen LogP contribution in [0.2, 0.25) is 0 Å². The fourth-order valence-corrected chi connectivity index (χ4v) is 4.89. The van der Waals surface area contributed by atoms with Crippen LogP contribution in [0.15, 0.2) is 46.9 Å². The number of rotatable bonds is 8. The number of fused-ring (bicyclic) bond motifs is 1. The molecule has 0 spiro atoms. The van der Waals surface area contributed by atoms with Crippen molar-refractivity contribution in [1.82, 2.24) is 15.0 Å². The first kappa shape index (κ1) is 24.8. The number of nitrogens with zero attached hydrogens (tertiary/aromatic N) is 3. The molecule has 1 aliphatic carbocycles. The summed E-state index contributed by atoms with van der Waals surface area (Å²) < 4.78 is 6.21. The van der Waals surface area contributed by atoms with E-state index >= 15 is 0 Å². The van der Waals surface area contributed by atoms with E-state index in [4.69, 9.17) is 9.40 Å². The maximum absolute atomic E-state index is 11.0. The highest BCUT2D eigenvalue weighted by Crippen LogP contribution is 2.38. The monoisotopic (exact) mass is 503 g/mol. The van der Waals surface area contributed by atoms with Gasteiger partial charge in [-0.2, -0.15) is 4.98 Å². The molecule has 1 saturated carbocycles. The van der Waals surface area contributed by atoms with Gasteiger partial charge in [-0.15, -0.1) is 0 Å². The van der Waals surface area contributed by atoms with Gasteiger partial charge >= 0.3 is 0 Å². The summed E-state index contributed by atoms with van der Waals surface area (Å²) in [7, 11) is 0. The second-order valence-corrected chi connectivity index (χ2v) is 9.36. The van der Waals surface area contributed by atoms with Crippen molar-refractivity contribution in [2.24, 2.45) is 5.92 Å². The third-order valence-corrected chi connectivity index (χ3v) is 6.74. The first-order chi connectivity index (χ1) is 17.9. The van der Waals surface area contributed by atoms with Gasteiger partial charge in [0.2, 0.25) is 5.95 Å². The highest BCUT2D eigenvalue weighted by molar-refractivity contribution is 5.88. The van der Waals surface area contributed by atoms with Gasteiger partial charge in [0, 0.05) is 35.7 Å². The number of benzene rings is 1. The Balaban J connectivity index is 1.59. The Morgan fingerprint density at radius 2 is 1.84 bits per heavy atom. The maximum atomic E-state index is 11.0. The molecule has 0 aliphatic heterocycles. The van der Waals surface area contributed by atoms with E-state index in [1.54, 1.807) is 0 Å². The summed E-state index contributed by atoms with van der Waals surface area (Å²) in [6.45, 7) is 3.43. The number of para-hydroxylation sites is 1. The molecule has 5 N–H and O–H groups in total. The van der Waals surface area contributed by atoms with Crippen LogP contribution in [0.5, 0.6) is 0 Å². The van der Waals surface area contributed by atoms with Crippen LogP contribution in [-0.2, 0) is 11.2 Å². The van der Waals surface area contributed by atoms with Gasteiger partial charge < -0.3 is 35.2 Å². The van der Waals surface area contributed by atoms with Crippen molar-refractivity contribution in [1.29, 1.82) is 0 Å². The van der Waals surface area contributed by atoms with Crippen LogP contribution < -0.4 is 10.6 Å². The topological polar surface area (TPSA) is 154 Å². The van der Waals surface area contributed by atoms with E-state index in [1.807, 2.05) is 56.3 Å². The Hall–Kier alpha value is -3.86. The summed E-state index contributed by atoms with van der Waals surface area (Å²) in [4.78, 5) is 24.8. The molecule has 5 rings (SSSR count). The van der Waals surface area contributed by atoms with Crippen molar-refractivity contribution >= 4 is 34.7 Å². The summed E-state index contributed by atoms with van der Waals surface area (Å²) in [5.74, 6) is 0.820. The van der Waals surface area contributed by atoms with Gasteiger partial charge in [0.05, 0.1) is 29.1 Å². The number of aryl methyl sites for hydroxylation is 2. The fourth-order valence-electron chi connectivity index (χ4n) is 4.89. The molecule has 10 heteroatoms. The zero-order valence-corrected chi connectivity index (χ0v) is 20.5. The Kier molecular flexibility index (Phi) is 6.88. The first-order valence-electron chi connectivity index (χ1n) is 12.2. The molecule has 4 atom stereocenters. The largest absolute Gasteiger partial charge is 0.454 e. The number of pyridine rings is 1. The van der Waals surface area contributed by atoms with Crippen molar-refractivity contribution in [2.45, 2.75) is 44.9 Å². The predicted molar refractivity (Wildman–Crippen MR) is 139 cm³/mol. The smallest absolute Gasteiger partial charge is 0.229 e. The van der Waals surface area contributed by atoms with Crippen LogP contribution in [-0.4, -0.2) is 61.4 Å². The number of anilines is 3. The first-order valence-corrected chi connectivity index (χ1v) is 12.2. The molecule has 4 aromatic rings. The molecule has 3 heterocycles. The van der Waals surface area contributed by atoms with Crippen molar-refractivity contribution in [3.63, 3.8) is 0 Å². The number of carbonyl (C=O) groups is 1. The van der Waals surface area contributed by atoms with E-state index in [-0.39, 0.29) is 13.0 Å². The van der Waals surface area contributed by atoms with E-state index in [1.165, 1.54) is 0 Å². The molecule has 37 heavy (non-hydrogen) atoms. The summed E-state index contributed by atoms with van der Waals surface area (Å²) in [6, 6.07) is 12.6. The lowest BCUT2D eigenvalue weighted by Gasteiger charge is -2.21. The Morgan fingerprint density at radius 3 is 2.54 bits per heavy atom. The number of carbonyl (C=O) groups excluding carboxylic acids is 1. The van der Waals surface area contributed by atoms with E-state index in [0.717, 1.165) is 17.4 Å². The Bertz CT molecular complexity index is 1420. The highest BCUT2D eigenvalue weighted by Gasteiger charge is 2.41. The van der Waals surface area contributed by atoms with Crippen molar-refractivity contribution < 1.29 is 24.5 Å². The molecular weight excluding hydrogens is 474 g/mol. The summed E-state index contributed by atoms with van der Waals surface area (Å²) in [5, 5.41) is 37.9. The Morgan fingerprint density at radius 1 is 1.05 bits per heavy atom. The fraction of sp³-hybridized carbons (Fsp3) is 0.333. The molecule has 192 valence electrons. The number of aromatic nitrogens is 3. The van der Waals surface area contributed by atoms with Gasteiger partial charge in [-0.05, 0) is 44.5 Å². The van der Waals surface area contributed by atoms with Gasteiger partial charge in [0.25, 0.3) is 0 Å². The SMILES string of the molecule is Cc1nc(Nc2ccccc2)nc(N[C@@H]2C[C@H](CO)[C@@H](O)[C@H]2O)c1-c1cc2cc(CC=O)nc(C)c2o1. The summed E-state index contributed by atoms with van der Waals surface area (Å²) in [6.07, 6.45) is -0.750. The minimum Gasteiger partial charge on any atom is -0.454 e. The van der Waals surface area contributed by atoms with Crippen molar-refractivity contribution in [3.05, 3.63) is 59.5 Å². The van der Waals surface area contributed by atoms with Crippen molar-refractivity contribution in [3.8, 4) is 11.3 Å². The van der Waals surface area contributed by atoms with Gasteiger partial charge in [-0.25, -0.2) is 4.98 Å². The molecule has 0 saturated heterocycles. The molecule has 0 bridgehead atoms. The lowest BCUT2D eigenvalue weighted by molar-refractivity contribution is -0.107. The standard InChI is InChI=1S/C27H29N5O5/c1-14-22(21-12-16-10-19(8-9-33)28-15(2)25(16)37-21)26(31-20-11-17(13-34)23(35)24(20)36)32-27(29-14)30-18-6-4-3-5-7-18/h3-7,9-10,12,17,20,23-24,34-36H,8,11,13H2,1-2H3,(H2,29,30,31,32)/t17-,20-,23-,24+/m1/s1. The lowest BCUT2D eigenvalue weighted by atomic mass is 10.1. The van der Waals surface area contributed by atoms with Crippen LogP contribution in [0.4, 0.5) is 17.5 Å². The van der Waals surface area contributed by atoms with Crippen molar-refractivity contribution in [2.75, 3.05) is 17.2 Å². The quantitative estimate of drug-likeness (QED) is 0.227. The van der Waals surface area contributed by atoms with Gasteiger partial charge in [0.1, 0.15) is 24.0 Å². The van der Waals surface area contributed by atoms with Gasteiger partial charge in [-0.1, -0.05) is 18.2 Å². The average molecular weight is 504 g/mol. The van der Waals surface area contributed by atoms with Crippen LogP contribution in [0.25, 0.3) is 22.3 Å². The number of furan rings is 1. The van der Waals surface area contributed by atoms with E-state index < -0.39 is 24.2 Å². The van der Waals surface area contributed by atoms with Crippen LogP contribution in [0.3, 0.4) is 0 Å². The van der Waals surface area contributed by atoms with Gasteiger partial charge in [0.15, 0.2) is 5.58 Å². The number of aldehydes is 1. The zero-order valence-electron chi connectivity index (χ0n) is 20.5. The maximum Gasteiger partial charge on any atom is 0.229 e. The van der Waals surface area contributed by atoms with Gasteiger partial charge in [-0.3, -0.25) is 4.98 Å². The normalized spacial score (nSPS) is 21.3. The van der Waals surface area contributed by atoms with E-state index in [9.17, 15) is 20.1 Å². The highest BCUT2D eigenvalue weighted by atomic mass is 16.3. The third kappa shape index (κ3) is 4.91. The average Bonchev–Trinajstić information content (AvgIpc) is 3.41. The van der Waals surface area contributed by atoms with E-state index in [0.29, 0.717) is 52.2 Å². The minimum atomic E-state index is -1.08. The number of hydrogen-bond acceptors (Lipinski definition) is 10. The molecule has 0 radical (unpaired) electrons. The molecule has 1 fully saturated rings. The number of aliphatic hydroxyl groups is 3. The molecule has 3 aromatic heterocycles. The molecule has 0 unspecified atom stereocenters. The second-order valence-electron chi connectivity index (χ2n) is 9.36. The molecule has 0 amide bonds. The number of hydrogen-bond donors (Lipinski definition) is 5. The minimum absolute atomic E-state index is 0.208. The molecule has 1 aliphatic rings. The van der Waals surface area contributed by atoms with E-state index in [2.05, 4.69) is 20.6 Å². The Labute approximate surface area is 213 Å². The summed E-state index contributed by atoms with van der Waals surface area (Å²) in [5.41, 5.74) is 3.94. The van der Waals surface area contributed by atoms with Crippen LogP contribution in [0, 0.1) is 19.8 Å². The van der Waals surface area contributed by atoms with Crippen LogP contribution in [0.1, 0.15) is 23.5 Å². The molecule has 10 nitrogen and oxygen atoms in total. The molecule has 1 aromatic carbocycles. The zero-order chi connectivity index (χ0) is 26.1. The van der Waals surface area contributed by atoms with Crippen LogP contribution >= 0.6 is 0 Å². The number of aliphatic hydroxyl groups excluding tert-OH is 3. The third-order valence-electron chi connectivity index (χ3n) is 6.74.